The molecule has 0 aliphatic rings. The lowest BCUT2D eigenvalue weighted by Gasteiger charge is -2.14. The second-order valence-corrected chi connectivity index (χ2v) is 5.09. The van der Waals surface area contributed by atoms with Crippen molar-refractivity contribution in [2.75, 3.05) is 26.9 Å². The van der Waals surface area contributed by atoms with Gasteiger partial charge >= 0.3 is 5.97 Å². The summed E-state index contributed by atoms with van der Waals surface area (Å²) in [5, 5.41) is 12.2. The van der Waals surface area contributed by atoms with E-state index in [0.717, 1.165) is 6.42 Å². The summed E-state index contributed by atoms with van der Waals surface area (Å²) in [6, 6.07) is 1.42. The lowest BCUT2D eigenvalue weighted by atomic mass is 10.3. The SMILES string of the molecule is CCCOCCC(C)OC(=O)CNC(=O)c1nccc(OC)c1O. The Bertz CT molecular complexity index is 549. The predicted molar refractivity (Wildman–Crippen MR) is 86.1 cm³/mol. The third-order valence-corrected chi connectivity index (χ3v) is 3.07. The van der Waals surface area contributed by atoms with Crippen molar-refractivity contribution in [3.8, 4) is 11.5 Å². The van der Waals surface area contributed by atoms with Crippen molar-refractivity contribution in [1.29, 1.82) is 0 Å². The Balaban J connectivity index is 2.40. The van der Waals surface area contributed by atoms with Crippen LogP contribution in [0.4, 0.5) is 0 Å². The maximum atomic E-state index is 12.0. The van der Waals surface area contributed by atoms with Crippen LogP contribution in [0.2, 0.25) is 0 Å². The van der Waals surface area contributed by atoms with Crippen LogP contribution in [-0.2, 0) is 14.3 Å². The minimum atomic E-state index is -0.692. The minimum Gasteiger partial charge on any atom is -0.503 e. The first-order valence-corrected chi connectivity index (χ1v) is 7.77. The maximum absolute atomic E-state index is 12.0. The molecule has 0 fully saturated rings. The van der Waals surface area contributed by atoms with Gasteiger partial charge in [-0.05, 0) is 13.3 Å². The molecule has 1 aromatic rings. The van der Waals surface area contributed by atoms with Gasteiger partial charge in [0.1, 0.15) is 12.6 Å². The first-order chi connectivity index (χ1) is 11.5. The molecule has 0 bridgehead atoms. The average molecular weight is 340 g/mol. The quantitative estimate of drug-likeness (QED) is 0.488. The molecule has 1 heterocycles. The Morgan fingerprint density at radius 2 is 2.12 bits per heavy atom. The van der Waals surface area contributed by atoms with Crippen molar-refractivity contribution in [2.45, 2.75) is 32.8 Å². The van der Waals surface area contributed by atoms with Crippen molar-refractivity contribution in [3.63, 3.8) is 0 Å². The second-order valence-electron chi connectivity index (χ2n) is 5.09. The highest BCUT2D eigenvalue weighted by molar-refractivity contribution is 5.97. The summed E-state index contributed by atoms with van der Waals surface area (Å²) in [5.41, 5.74) is -0.219. The highest BCUT2D eigenvalue weighted by atomic mass is 16.5. The van der Waals surface area contributed by atoms with Crippen LogP contribution in [0.1, 0.15) is 37.2 Å². The zero-order valence-electron chi connectivity index (χ0n) is 14.2. The maximum Gasteiger partial charge on any atom is 0.325 e. The number of pyridine rings is 1. The fourth-order valence-corrected chi connectivity index (χ4v) is 1.82. The summed E-state index contributed by atoms with van der Waals surface area (Å²) in [6.07, 6.45) is 2.53. The van der Waals surface area contributed by atoms with Gasteiger partial charge in [0.15, 0.2) is 17.2 Å². The summed E-state index contributed by atoms with van der Waals surface area (Å²) < 4.78 is 15.4. The average Bonchev–Trinajstić information content (AvgIpc) is 2.57. The molecular formula is C16H24N2O6. The topological polar surface area (TPSA) is 107 Å². The van der Waals surface area contributed by atoms with Gasteiger partial charge in [0.25, 0.3) is 5.91 Å². The number of methoxy groups -OCH3 is 1. The number of hydrogen-bond donors (Lipinski definition) is 2. The zero-order valence-corrected chi connectivity index (χ0v) is 14.2. The number of nitrogens with one attached hydrogen (secondary N) is 1. The first-order valence-electron chi connectivity index (χ1n) is 7.77. The second kappa shape index (κ2) is 10.4. The summed E-state index contributed by atoms with van der Waals surface area (Å²) in [4.78, 5) is 27.4. The van der Waals surface area contributed by atoms with Crippen LogP contribution in [0.25, 0.3) is 0 Å². The molecule has 1 rings (SSSR count). The van der Waals surface area contributed by atoms with Crippen LogP contribution in [0, 0.1) is 0 Å². The summed E-state index contributed by atoms with van der Waals surface area (Å²) in [7, 11) is 1.36. The normalized spacial score (nSPS) is 11.6. The number of carbonyl (C=O) groups excluding carboxylic acids is 2. The lowest BCUT2D eigenvalue weighted by Crippen LogP contribution is -2.32. The molecule has 0 aliphatic heterocycles. The number of amides is 1. The molecule has 0 radical (unpaired) electrons. The molecule has 24 heavy (non-hydrogen) atoms. The van der Waals surface area contributed by atoms with Crippen molar-refractivity contribution in [1.82, 2.24) is 10.3 Å². The fourth-order valence-electron chi connectivity index (χ4n) is 1.82. The van der Waals surface area contributed by atoms with E-state index >= 15 is 0 Å². The third-order valence-electron chi connectivity index (χ3n) is 3.07. The molecule has 134 valence electrons. The fraction of sp³-hybridized carbons (Fsp3) is 0.562. The number of ether oxygens (including phenoxy) is 3. The third kappa shape index (κ3) is 6.41. The van der Waals surface area contributed by atoms with E-state index in [-0.39, 0.29) is 29.8 Å². The van der Waals surface area contributed by atoms with Gasteiger partial charge in [-0.3, -0.25) is 9.59 Å². The molecule has 0 saturated carbocycles. The molecule has 2 N–H and O–H groups in total. The van der Waals surface area contributed by atoms with E-state index in [0.29, 0.717) is 19.6 Å². The van der Waals surface area contributed by atoms with Crippen molar-refractivity contribution >= 4 is 11.9 Å². The number of esters is 1. The van der Waals surface area contributed by atoms with E-state index in [9.17, 15) is 14.7 Å². The summed E-state index contributed by atoms with van der Waals surface area (Å²) in [6.45, 7) is 4.63. The van der Waals surface area contributed by atoms with Crippen LogP contribution >= 0.6 is 0 Å². The molecule has 8 heteroatoms. The predicted octanol–water partition coefficient (Wildman–Crippen LogP) is 1.27. The highest BCUT2D eigenvalue weighted by Crippen LogP contribution is 2.27. The van der Waals surface area contributed by atoms with E-state index in [1.54, 1.807) is 6.92 Å². The smallest absolute Gasteiger partial charge is 0.325 e. The van der Waals surface area contributed by atoms with Crippen molar-refractivity contribution < 1.29 is 28.9 Å². The monoisotopic (exact) mass is 340 g/mol. The molecule has 0 aliphatic carbocycles. The minimum absolute atomic E-state index is 0.124. The van der Waals surface area contributed by atoms with Crippen LogP contribution in [-0.4, -0.2) is 54.9 Å². The van der Waals surface area contributed by atoms with E-state index in [4.69, 9.17) is 14.2 Å². The molecule has 1 unspecified atom stereocenters. The largest absolute Gasteiger partial charge is 0.503 e. The Labute approximate surface area is 141 Å². The number of nitrogens with zero attached hydrogens (tertiary/aromatic N) is 1. The number of carbonyl (C=O) groups is 2. The molecule has 1 aromatic heterocycles. The van der Waals surface area contributed by atoms with Crippen LogP contribution in [0.3, 0.4) is 0 Å². The molecule has 1 atom stereocenters. The van der Waals surface area contributed by atoms with E-state index in [1.807, 2.05) is 6.92 Å². The Hall–Kier alpha value is -2.35. The van der Waals surface area contributed by atoms with Gasteiger partial charge in [-0.1, -0.05) is 6.92 Å². The Morgan fingerprint density at radius 1 is 1.38 bits per heavy atom. The van der Waals surface area contributed by atoms with Crippen LogP contribution in [0.5, 0.6) is 11.5 Å². The van der Waals surface area contributed by atoms with Crippen molar-refractivity contribution in [2.24, 2.45) is 0 Å². The first kappa shape index (κ1) is 19.7. The summed E-state index contributed by atoms with van der Waals surface area (Å²) >= 11 is 0. The lowest BCUT2D eigenvalue weighted by molar-refractivity contribution is -0.147. The number of aromatic nitrogens is 1. The Kier molecular flexibility index (Phi) is 8.56. The van der Waals surface area contributed by atoms with Crippen LogP contribution in [0.15, 0.2) is 12.3 Å². The molecular weight excluding hydrogens is 316 g/mol. The van der Waals surface area contributed by atoms with Gasteiger partial charge in [0, 0.05) is 25.3 Å². The molecule has 0 spiro atoms. The van der Waals surface area contributed by atoms with Gasteiger partial charge in [-0.2, -0.15) is 0 Å². The molecule has 8 nitrogen and oxygen atoms in total. The van der Waals surface area contributed by atoms with E-state index in [1.165, 1.54) is 19.4 Å². The van der Waals surface area contributed by atoms with Crippen molar-refractivity contribution in [3.05, 3.63) is 18.0 Å². The van der Waals surface area contributed by atoms with Gasteiger partial charge in [0.2, 0.25) is 0 Å². The zero-order chi connectivity index (χ0) is 17.9. The standard InChI is InChI=1S/C16H24N2O6/c1-4-8-23-9-6-11(2)24-13(19)10-18-16(21)14-15(20)12(22-3)5-7-17-14/h5,7,11,20H,4,6,8-10H2,1-3H3,(H,18,21). The van der Waals surface area contributed by atoms with Gasteiger partial charge < -0.3 is 24.6 Å². The molecule has 0 saturated heterocycles. The van der Waals surface area contributed by atoms with Crippen LogP contribution < -0.4 is 10.1 Å². The van der Waals surface area contributed by atoms with E-state index < -0.39 is 11.9 Å². The summed E-state index contributed by atoms with van der Waals surface area (Å²) in [5.74, 6) is -1.53. The number of hydrogen-bond acceptors (Lipinski definition) is 7. The van der Waals surface area contributed by atoms with Gasteiger partial charge in [0.05, 0.1) is 13.7 Å². The van der Waals surface area contributed by atoms with E-state index in [2.05, 4.69) is 10.3 Å². The number of aromatic hydroxyl groups is 1. The highest BCUT2D eigenvalue weighted by Gasteiger charge is 2.18. The van der Waals surface area contributed by atoms with Gasteiger partial charge in [-0.15, -0.1) is 0 Å². The molecule has 0 aromatic carbocycles. The molecule has 1 amide bonds. The Morgan fingerprint density at radius 3 is 2.79 bits per heavy atom. The number of rotatable bonds is 10. The van der Waals surface area contributed by atoms with Gasteiger partial charge in [-0.25, -0.2) is 4.98 Å².